The summed E-state index contributed by atoms with van der Waals surface area (Å²) < 4.78 is 0.280. The molecule has 39 heavy (non-hydrogen) atoms. The van der Waals surface area contributed by atoms with Gasteiger partial charge >= 0.3 is 11.9 Å². The van der Waals surface area contributed by atoms with Gasteiger partial charge in [0.05, 0.1) is 26.7 Å². The van der Waals surface area contributed by atoms with Gasteiger partial charge < -0.3 is 24.7 Å². The van der Waals surface area contributed by atoms with E-state index < -0.39 is 17.6 Å². The molecule has 0 saturated heterocycles. The fourth-order valence-electron chi connectivity index (χ4n) is 3.84. The monoisotopic (exact) mass is 558 g/mol. The van der Waals surface area contributed by atoms with E-state index in [2.05, 4.69) is 19.1 Å². The van der Waals surface area contributed by atoms with E-state index in [1.54, 1.807) is 14.1 Å². The van der Waals surface area contributed by atoms with Crippen molar-refractivity contribution in [3.05, 3.63) is 12.2 Å². The van der Waals surface area contributed by atoms with E-state index in [1.807, 2.05) is 13.8 Å². The summed E-state index contributed by atoms with van der Waals surface area (Å²) >= 11 is 0. The fourth-order valence-corrected chi connectivity index (χ4v) is 3.84. The lowest BCUT2D eigenvalue weighted by molar-refractivity contribution is -0.928. The number of nitrogens with two attached hydrogens (primary N) is 1. The van der Waals surface area contributed by atoms with Crippen molar-refractivity contribution in [1.82, 2.24) is 4.90 Å². The van der Waals surface area contributed by atoms with Gasteiger partial charge in [0.2, 0.25) is 11.6 Å². The van der Waals surface area contributed by atoms with E-state index in [0.29, 0.717) is 19.5 Å². The summed E-state index contributed by atoms with van der Waals surface area (Å²) in [5.41, 5.74) is 4.42. The molecule has 0 aromatic carbocycles. The first kappa shape index (κ1) is 39.2. The number of carbonyl (C=O) groups excluding carboxylic acids is 1. The van der Waals surface area contributed by atoms with E-state index in [4.69, 9.17) is 15.9 Å². The molecule has 5 N–H and O–H groups in total. The summed E-state index contributed by atoms with van der Waals surface area (Å²) in [5.74, 6) is -1.95. The van der Waals surface area contributed by atoms with Crippen molar-refractivity contribution in [2.45, 2.75) is 129 Å². The predicted octanol–water partition coefficient (Wildman–Crippen LogP) is 5.16. The topological polar surface area (TPSA) is 141 Å². The zero-order valence-corrected chi connectivity index (χ0v) is 25.8. The van der Waals surface area contributed by atoms with Crippen LogP contribution in [0, 0.1) is 0 Å². The Morgan fingerprint density at radius 2 is 1.49 bits per heavy atom. The lowest BCUT2D eigenvalue weighted by atomic mass is 10.1. The zero-order valence-electron chi connectivity index (χ0n) is 25.8. The molecule has 0 saturated carbocycles. The van der Waals surface area contributed by atoms with Crippen LogP contribution >= 0.6 is 0 Å². The van der Waals surface area contributed by atoms with Crippen molar-refractivity contribution in [1.29, 1.82) is 0 Å². The minimum atomic E-state index is -1.20. The van der Waals surface area contributed by atoms with E-state index in [0.717, 1.165) is 64.2 Å². The summed E-state index contributed by atoms with van der Waals surface area (Å²) in [6, 6.07) is 0. The molecule has 1 unspecified atom stereocenters. The lowest BCUT2D eigenvalue weighted by Gasteiger charge is -2.39. The Labute approximate surface area is 238 Å². The molecule has 0 aromatic rings. The van der Waals surface area contributed by atoms with Gasteiger partial charge in [0, 0.05) is 19.9 Å². The molecule has 0 radical (unpaired) electrons. The molecular formula is C30H60N3O6+. The standard InChI is InChI=1S/C23H43NO4.C7H16N2O2/c1-3-5-6-13-16-21(25)17-14-11-9-7-8-10-12-15-18-22(26)24(19-4-2)20-23(27)28;1-5-9(3,4)7(2,8)6(10)11/h11,14,21,25H,3-10,12-13,15-20H2,1-2H3,(H,27,28);5,8H2,1-4H3/p+1/b14-11-;/t21-;/m1./s1. The van der Waals surface area contributed by atoms with Crippen LogP contribution in [-0.2, 0) is 14.4 Å². The van der Waals surface area contributed by atoms with Crippen molar-refractivity contribution in [3.8, 4) is 0 Å². The Morgan fingerprint density at radius 1 is 0.897 bits per heavy atom. The van der Waals surface area contributed by atoms with E-state index in [-0.39, 0.29) is 23.0 Å². The van der Waals surface area contributed by atoms with Gasteiger partial charge in [-0.3, -0.25) is 15.3 Å². The van der Waals surface area contributed by atoms with E-state index in [9.17, 15) is 19.5 Å². The SMILES string of the molecule is CCCCCC[C@@H](O)C/C=C\CCCCCCCC(=O)N(CCC)CC(=O)O.CC[N+](C)(C)C(C)(N)C(=O)O. The number of hydrogen-bond acceptors (Lipinski definition) is 5. The number of likely N-dealkylation sites (N-methyl/N-ethyl adjacent to an activating group) is 1. The maximum atomic E-state index is 12.1. The van der Waals surface area contributed by atoms with Crippen LogP contribution in [0.3, 0.4) is 0 Å². The molecule has 0 rings (SSSR count). The van der Waals surface area contributed by atoms with Crippen molar-refractivity contribution < 1.29 is 34.2 Å². The van der Waals surface area contributed by atoms with Crippen LogP contribution in [0.5, 0.6) is 0 Å². The highest BCUT2D eigenvalue weighted by Crippen LogP contribution is 2.14. The molecule has 230 valence electrons. The van der Waals surface area contributed by atoms with Crippen LogP contribution in [0.2, 0.25) is 0 Å². The number of unbranched alkanes of at least 4 members (excludes halogenated alkanes) is 8. The number of carbonyl (C=O) groups is 3. The summed E-state index contributed by atoms with van der Waals surface area (Å²) in [6.07, 6.45) is 18.1. The number of allylic oxidation sites excluding steroid dienone is 1. The molecule has 0 aromatic heterocycles. The molecule has 2 atom stereocenters. The Bertz CT molecular complexity index is 694. The second-order valence-electron chi connectivity index (χ2n) is 11.2. The number of aliphatic hydroxyl groups is 1. The van der Waals surface area contributed by atoms with Gasteiger partial charge in [0.25, 0.3) is 0 Å². The number of aliphatic hydroxyl groups excluding tert-OH is 1. The highest BCUT2D eigenvalue weighted by Gasteiger charge is 2.43. The number of hydrogen-bond donors (Lipinski definition) is 4. The first-order valence-corrected chi connectivity index (χ1v) is 14.9. The third kappa shape index (κ3) is 19.7. The molecule has 0 aliphatic carbocycles. The van der Waals surface area contributed by atoms with Crippen LogP contribution in [0.25, 0.3) is 0 Å². The molecule has 1 amide bonds. The first-order chi connectivity index (χ1) is 18.3. The number of aliphatic carboxylic acids is 2. The predicted molar refractivity (Wildman–Crippen MR) is 158 cm³/mol. The maximum Gasteiger partial charge on any atom is 0.381 e. The Kier molecular flexibility index (Phi) is 22.9. The smallest absolute Gasteiger partial charge is 0.381 e. The minimum absolute atomic E-state index is 0.0413. The van der Waals surface area contributed by atoms with Crippen molar-refractivity contribution >= 4 is 17.8 Å². The molecular weight excluding hydrogens is 498 g/mol. The van der Waals surface area contributed by atoms with Crippen molar-refractivity contribution in [2.24, 2.45) is 5.73 Å². The highest BCUT2D eigenvalue weighted by molar-refractivity contribution is 5.81. The number of carboxylic acids is 2. The average molecular weight is 559 g/mol. The Morgan fingerprint density at radius 3 is 2.00 bits per heavy atom. The van der Waals surface area contributed by atoms with Crippen LogP contribution < -0.4 is 5.73 Å². The molecule has 0 aliphatic rings. The van der Waals surface area contributed by atoms with Gasteiger partial charge in [0.15, 0.2) is 0 Å². The molecule has 0 bridgehead atoms. The van der Waals surface area contributed by atoms with Gasteiger partial charge in [-0.15, -0.1) is 0 Å². The number of carboxylic acid groups (broad SMARTS) is 2. The molecule has 0 fully saturated rings. The number of quaternary nitrogens is 1. The molecule has 0 spiro atoms. The second-order valence-corrected chi connectivity index (χ2v) is 11.2. The van der Waals surface area contributed by atoms with E-state index >= 15 is 0 Å². The molecule has 0 aliphatic heterocycles. The van der Waals surface area contributed by atoms with Gasteiger partial charge in [-0.1, -0.05) is 70.9 Å². The number of amides is 1. The normalized spacial score (nSPS) is 13.8. The molecule has 9 heteroatoms. The average Bonchev–Trinajstić information content (AvgIpc) is 2.87. The summed E-state index contributed by atoms with van der Waals surface area (Å²) in [7, 11) is 3.60. The van der Waals surface area contributed by atoms with Crippen LogP contribution in [0.1, 0.15) is 118 Å². The second kappa shape index (κ2) is 22.8. The summed E-state index contributed by atoms with van der Waals surface area (Å²) in [4.78, 5) is 35.0. The van der Waals surface area contributed by atoms with Gasteiger partial charge in [-0.2, -0.15) is 0 Å². The first-order valence-electron chi connectivity index (χ1n) is 14.9. The van der Waals surface area contributed by atoms with Crippen molar-refractivity contribution in [3.63, 3.8) is 0 Å². The number of rotatable bonds is 22. The van der Waals surface area contributed by atoms with Crippen molar-refractivity contribution in [2.75, 3.05) is 33.7 Å². The molecule has 9 nitrogen and oxygen atoms in total. The van der Waals surface area contributed by atoms with Crippen LogP contribution in [0.15, 0.2) is 12.2 Å². The third-order valence-corrected chi connectivity index (χ3v) is 7.38. The Hall–Kier alpha value is -1.97. The van der Waals surface area contributed by atoms with E-state index in [1.165, 1.54) is 31.1 Å². The molecule has 0 heterocycles. The Balaban J connectivity index is 0. The highest BCUT2D eigenvalue weighted by atomic mass is 16.4. The van der Waals surface area contributed by atoms with Gasteiger partial charge in [-0.05, 0) is 45.4 Å². The third-order valence-electron chi connectivity index (χ3n) is 7.38. The van der Waals surface area contributed by atoms with Crippen LogP contribution in [-0.4, -0.2) is 88.0 Å². The summed E-state index contributed by atoms with van der Waals surface area (Å²) in [6.45, 7) is 8.61. The quantitative estimate of drug-likeness (QED) is 0.0622. The van der Waals surface area contributed by atoms with Gasteiger partial charge in [0.1, 0.15) is 6.54 Å². The van der Waals surface area contributed by atoms with Gasteiger partial charge in [-0.25, -0.2) is 4.79 Å². The zero-order chi connectivity index (χ0) is 30.3. The largest absolute Gasteiger partial charge is 0.480 e. The van der Waals surface area contributed by atoms with Crippen LogP contribution in [0.4, 0.5) is 0 Å². The maximum absolute atomic E-state index is 12.1. The lowest BCUT2D eigenvalue weighted by Crippen LogP contribution is -2.67. The fraction of sp³-hybridized carbons (Fsp3) is 0.833. The summed E-state index contributed by atoms with van der Waals surface area (Å²) in [5, 5.41) is 27.5. The minimum Gasteiger partial charge on any atom is -0.480 e. The number of nitrogens with zero attached hydrogens (tertiary/aromatic N) is 2.